The Morgan fingerprint density at radius 1 is 1.03 bits per heavy atom. The van der Waals surface area contributed by atoms with Crippen LogP contribution >= 0.6 is 0 Å². The van der Waals surface area contributed by atoms with E-state index in [1.165, 1.54) is 11.7 Å². The van der Waals surface area contributed by atoms with Gasteiger partial charge in [0.15, 0.2) is 5.65 Å². The van der Waals surface area contributed by atoms with Crippen molar-refractivity contribution in [1.82, 2.24) is 19.1 Å². The lowest BCUT2D eigenvalue weighted by Crippen LogP contribution is -2.29. The molecule has 4 aromatic rings. The van der Waals surface area contributed by atoms with Gasteiger partial charge in [-0.3, -0.25) is 0 Å². The van der Waals surface area contributed by atoms with Crippen molar-refractivity contribution in [2.45, 2.75) is 53.7 Å². The summed E-state index contributed by atoms with van der Waals surface area (Å²) in [7, 11) is 1.29. The maximum Gasteiger partial charge on any atom is 0.419 e. The lowest BCUT2D eigenvalue weighted by Gasteiger charge is -2.20. The zero-order chi connectivity index (χ0) is 24.1. The van der Waals surface area contributed by atoms with Crippen molar-refractivity contribution in [2.24, 2.45) is 0 Å². The Morgan fingerprint density at radius 3 is 2.42 bits per heavy atom. The molecular weight excluding hydrogens is 420 g/mol. The minimum Gasteiger partial charge on any atom is -0.464 e. The SMILES string of the molecule is COC(=O)c1cc2cc(Cn3c(C)nc4c(C)cc(C)nc43)ccc2n1C(=O)OC(C)(C)C. The molecule has 172 valence electrons. The molecule has 0 bridgehead atoms. The first kappa shape index (κ1) is 22.5. The van der Waals surface area contributed by atoms with Crippen LogP contribution in [0.1, 0.15) is 53.9 Å². The summed E-state index contributed by atoms with van der Waals surface area (Å²) in [6.07, 6.45) is -0.628. The molecule has 0 aliphatic heterocycles. The van der Waals surface area contributed by atoms with E-state index in [1.807, 2.05) is 45.0 Å². The van der Waals surface area contributed by atoms with Gasteiger partial charge in [0.25, 0.3) is 0 Å². The minimum atomic E-state index is -0.704. The molecule has 0 atom stereocenters. The highest BCUT2D eigenvalue weighted by atomic mass is 16.6. The summed E-state index contributed by atoms with van der Waals surface area (Å²) >= 11 is 0. The van der Waals surface area contributed by atoms with Crippen LogP contribution in [-0.4, -0.2) is 43.9 Å². The number of rotatable bonds is 3. The van der Waals surface area contributed by atoms with E-state index in [0.717, 1.165) is 39.2 Å². The van der Waals surface area contributed by atoms with Crippen molar-refractivity contribution >= 4 is 34.1 Å². The van der Waals surface area contributed by atoms with Crippen molar-refractivity contribution in [2.75, 3.05) is 7.11 Å². The van der Waals surface area contributed by atoms with Gasteiger partial charge >= 0.3 is 12.1 Å². The molecule has 0 spiro atoms. The average Bonchev–Trinajstić information content (AvgIpc) is 3.24. The number of carbonyl (C=O) groups excluding carboxylic acids is 2. The number of fused-ring (bicyclic) bond motifs is 2. The summed E-state index contributed by atoms with van der Waals surface area (Å²) in [6, 6.07) is 9.38. The summed E-state index contributed by atoms with van der Waals surface area (Å²) in [5.74, 6) is 0.262. The fourth-order valence-electron chi connectivity index (χ4n) is 4.01. The third-order valence-corrected chi connectivity index (χ3v) is 5.39. The molecule has 0 saturated heterocycles. The van der Waals surface area contributed by atoms with Gasteiger partial charge in [0.2, 0.25) is 0 Å². The van der Waals surface area contributed by atoms with Crippen molar-refractivity contribution in [3.8, 4) is 0 Å². The summed E-state index contributed by atoms with van der Waals surface area (Å²) in [6.45, 7) is 11.9. The smallest absolute Gasteiger partial charge is 0.419 e. The predicted molar refractivity (Wildman–Crippen MR) is 126 cm³/mol. The van der Waals surface area contributed by atoms with Crippen molar-refractivity contribution in [3.63, 3.8) is 0 Å². The molecule has 0 fully saturated rings. The second-order valence-electron chi connectivity index (χ2n) is 9.23. The molecule has 8 nitrogen and oxygen atoms in total. The normalized spacial score (nSPS) is 11.8. The summed E-state index contributed by atoms with van der Waals surface area (Å²) in [4.78, 5) is 34.7. The number of carbonyl (C=O) groups is 2. The third kappa shape index (κ3) is 4.20. The molecule has 0 saturated carbocycles. The summed E-state index contributed by atoms with van der Waals surface area (Å²) in [5, 5.41) is 0.737. The van der Waals surface area contributed by atoms with Gasteiger partial charge in [-0.05, 0) is 76.9 Å². The number of nitrogens with zero attached hydrogens (tertiary/aromatic N) is 4. The number of ether oxygens (including phenoxy) is 2. The number of hydrogen-bond donors (Lipinski definition) is 0. The number of imidazole rings is 1. The van der Waals surface area contributed by atoms with Crippen LogP contribution in [0.15, 0.2) is 30.3 Å². The first-order valence-corrected chi connectivity index (χ1v) is 10.8. The minimum absolute atomic E-state index is 0.121. The fourth-order valence-corrected chi connectivity index (χ4v) is 4.01. The topological polar surface area (TPSA) is 88.2 Å². The molecule has 8 heteroatoms. The van der Waals surface area contributed by atoms with Crippen LogP contribution in [-0.2, 0) is 16.0 Å². The number of aryl methyl sites for hydroxylation is 3. The molecule has 0 radical (unpaired) electrons. The number of methoxy groups -OCH3 is 1. The Hall–Kier alpha value is -3.68. The molecular formula is C25H28N4O4. The van der Waals surface area contributed by atoms with E-state index in [-0.39, 0.29) is 5.69 Å². The van der Waals surface area contributed by atoms with E-state index in [1.54, 1.807) is 26.8 Å². The van der Waals surface area contributed by atoms with E-state index >= 15 is 0 Å². The molecule has 0 aliphatic rings. The molecule has 0 N–H and O–H groups in total. The van der Waals surface area contributed by atoms with Crippen LogP contribution in [0.25, 0.3) is 22.1 Å². The standard InChI is InChI=1S/C25H28N4O4/c1-14-10-15(2)26-22-21(14)27-16(3)28(22)13-17-8-9-19-18(11-17)12-20(23(30)32-7)29(19)24(31)33-25(4,5)6/h8-12H,13H2,1-7H3. The third-order valence-electron chi connectivity index (χ3n) is 5.39. The summed E-state index contributed by atoms with van der Waals surface area (Å²) in [5.41, 5.74) is 4.74. The average molecular weight is 449 g/mol. The number of pyridine rings is 1. The number of esters is 1. The maximum atomic E-state index is 12.9. The van der Waals surface area contributed by atoms with Gasteiger partial charge in [-0.25, -0.2) is 24.1 Å². The van der Waals surface area contributed by atoms with E-state index in [9.17, 15) is 9.59 Å². The Morgan fingerprint density at radius 2 is 1.76 bits per heavy atom. The number of aromatic nitrogens is 4. The largest absolute Gasteiger partial charge is 0.464 e. The summed E-state index contributed by atoms with van der Waals surface area (Å²) < 4.78 is 13.8. The Bertz CT molecular complexity index is 1410. The molecule has 33 heavy (non-hydrogen) atoms. The van der Waals surface area contributed by atoms with Crippen molar-refractivity contribution < 1.29 is 19.1 Å². The predicted octanol–water partition coefficient (Wildman–Crippen LogP) is 4.93. The van der Waals surface area contributed by atoms with Crippen LogP contribution in [0.5, 0.6) is 0 Å². The van der Waals surface area contributed by atoms with Gasteiger partial charge in [0.1, 0.15) is 22.6 Å². The van der Waals surface area contributed by atoms with Crippen LogP contribution in [0, 0.1) is 20.8 Å². The van der Waals surface area contributed by atoms with E-state index < -0.39 is 17.7 Å². The van der Waals surface area contributed by atoms with Crippen LogP contribution in [0.3, 0.4) is 0 Å². The first-order valence-electron chi connectivity index (χ1n) is 10.8. The van der Waals surface area contributed by atoms with Crippen LogP contribution in [0.2, 0.25) is 0 Å². The molecule has 0 unspecified atom stereocenters. The quantitative estimate of drug-likeness (QED) is 0.413. The molecule has 0 aliphatic carbocycles. The van der Waals surface area contributed by atoms with Crippen molar-refractivity contribution in [3.05, 3.63) is 58.7 Å². The van der Waals surface area contributed by atoms with E-state index in [0.29, 0.717) is 12.1 Å². The molecule has 4 rings (SSSR count). The molecule has 3 heterocycles. The van der Waals surface area contributed by atoms with Gasteiger partial charge < -0.3 is 14.0 Å². The fraction of sp³-hybridized carbons (Fsp3) is 0.360. The second-order valence-corrected chi connectivity index (χ2v) is 9.23. The highest BCUT2D eigenvalue weighted by Crippen LogP contribution is 2.26. The number of benzene rings is 1. The Kier molecular flexibility index (Phi) is 5.47. The zero-order valence-corrected chi connectivity index (χ0v) is 20.0. The van der Waals surface area contributed by atoms with Gasteiger partial charge in [-0.2, -0.15) is 0 Å². The highest BCUT2D eigenvalue weighted by molar-refractivity contribution is 6.01. The van der Waals surface area contributed by atoms with Crippen LogP contribution < -0.4 is 0 Å². The van der Waals surface area contributed by atoms with Gasteiger partial charge in [-0.1, -0.05) is 6.07 Å². The number of hydrogen-bond acceptors (Lipinski definition) is 6. The lowest BCUT2D eigenvalue weighted by atomic mass is 10.1. The van der Waals surface area contributed by atoms with Gasteiger partial charge in [-0.15, -0.1) is 0 Å². The van der Waals surface area contributed by atoms with Crippen molar-refractivity contribution in [1.29, 1.82) is 0 Å². The Labute approximate surface area is 192 Å². The monoisotopic (exact) mass is 448 g/mol. The molecule has 1 aromatic carbocycles. The second kappa shape index (κ2) is 8.03. The molecule has 0 amide bonds. The van der Waals surface area contributed by atoms with Gasteiger partial charge in [0, 0.05) is 11.1 Å². The van der Waals surface area contributed by atoms with Gasteiger partial charge in [0.05, 0.1) is 19.2 Å². The van der Waals surface area contributed by atoms with E-state index in [4.69, 9.17) is 19.4 Å². The molecule has 3 aromatic heterocycles. The zero-order valence-electron chi connectivity index (χ0n) is 20.0. The Balaban J connectivity index is 1.80. The first-order chi connectivity index (χ1) is 15.5. The lowest BCUT2D eigenvalue weighted by molar-refractivity contribution is 0.0489. The highest BCUT2D eigenvalue weighted by Gasteiger charge is 2.25. The van der Waals surface area contributed by atoms with E-state index in [2.05, 4.69) is 4.57 Å². The van der Waals surface area contributed by atoms with Crippen LogP contribution in [0.4, 0.5) is 4.79 Å². The maximum absolute atomic E-state index is 12.9.